The molecular weight excluding hydrogens is 192 g/mol. The molecule has 1 aromatic carbocycles. The van der Waals surface area contributed by atoms with Crippen LogP contribution in [0.25, 0.3) is 10.9 Å². The van der Waals surface area contributed by atoms with Crippen molar-refractivity contribution in [2.45, 2.75) is 19.3 Å². The standard InChI is InChI=1S/C11H10N2O2/c14-13(15)7-4-5-11-9(6-7)8-2-1-3-10(8)12-11/h4-6,12H,1-3H2. The molecule has 0 amide bonds. The van der Waals surface area contributed by atoms with Crippen LogP contribution in [0.2, 0.25) is 0 Å². The maximum absolute atomic E-state index is 10.7. The largest absolute Gasteiger partial charge is 0.358 e. The van der Waals surface area contributed by atoms with Gasteiger partial charge in [0, 0.05) is 28.7 Å². The van der Waals surface area contributed by atoms with Gasteiger partial charge in [0.05, 0.1) is 4.92 Å². The molecule has 0 spiro atoms. The average Bonchev–Trinajstić information content (AvgIpc) is 2.75. The lowest BCUT2D eigenvalue weighted by Crippen LogP contribution is -1.87. The van der Waals surface area contributed by atoms with Crippen molar-refractivity contribution in [3.8, 4) is 0 Å². The Balaban J connectivity index is 2.29. The lowest BCUT2D eigenvalue weighted by molar-refractivity contribution is -0.384. The summed E-state index contributed by atoms with van der Waals surface area (Å²) in [5, 5.41) is 11.7. The molecule has 0 aliphatic heterocycles. The van der Waals surface area contributed by atoms with Crippen LogP contribution in [0, 0.1) is 10.1 Å². The van der Waals surface area contributed by atoms with E-state index in [9.17, 15) is 10.1 Å². The summed E-state index contributed by atoms with van der Waals surface area (Å²) >= 11 is 0. The summed E-state index contributed by atoms with van der Waals surface area (Å²) in [6.45, 7) is 0. The molecule has 0 fully saturated rings. The predicted molar refractivity (Wildman–Crippen MR) is 57.0 cm³/mol. The number of H-pyrrole nitrogens is 1. The smallest absolute Gasteiger partial charge is 0.270 e. The van der Waals surface area contributed by atoms with E-state index in [2.05, 4.69) is 4.98 Å². The van der Waals surface area contributed by atoms with Crippen LogP contribution < -0.4 is 0 Å². The molecule has 15 heavy (non-hydrogen) atoms. The second-order valence-electron chi connectivity index (χ2n) is 3.92. The third-order valence-electron chi connectivity index (χ3n) is 3.04. The van der Waals surface area contributed by atoms with E-state index in [1.807, 2.05) is 0 Å². The predicted octanol–water partition coefficient (Wildman–Crippen LogP) is 2.56. The number of nitro benzene ring substituents is 1. The molecule has 1 aliphatic rings. The summed E-state index contributed by atoms with van der Waals surface area (Å²) in [7, 11) is 0. The molecule has 3 rings (SSSR count). The summed E-state index contributed by atoms with van der Waals surface area (Å²) in [4.78, 5) is 13.6. The monoisotopic (exact) mass is 202 g/mol. The van der Waals surface area contributed by atoms with E-state index in [0.717, 1.165) is 30.2 Å². The Hall–Kier alpha value is -1.84. The molecule has 0 bridgehead atoms. The van der Waals surface area contributed by atoms with E-state index in [1.54, 1.807) is 18.2 Å². The van der Waals surface area contributed by atoms with Gasteiger partial charge in [-0.25, -0.2) is 0 Å². The topological polar surface area (TPSA) is 58.9 Å². The van der Waals surface area contributed by atoms with Gasteiger partial charge in [-0.15, -0.1) is 0 Å². The molecule has 1 N–H and O–H groups in total. The van der Waals surface area contributed by atoms with Crippen molar-refractivity contribution < 1.29 is 4.92 Å². The average molecular weight is 202 g/mol. The van der Waals surface area contributed by atoms with Gasteiger partial charge >= 0.3 is 0 Å². The van der Waals surface area contributed by atoms with Gasteiger partial charge in [0.1, 0.15) is 0 Å². The number of fused-ring (bicyclic) bond motifs is 3. The first kappa shape index (κ1) is 8.47. The van der Waals surface area contributed by atoms with E-state index in [4.69, 9.17) is 0 Å². The van der Waals surface area contributed by atoms with Gasteiger partial charge in [-0.2, -0.15) is 0 Å². The second kappa shape index (κ2) is 2.82. The third kappa shape index (κ3) is 1.14. The highest BCUT2D eigenvalue weighted by molar-refractivity contribution is 5.87. The van der Waals surface area contributed by atoms with Crippen molar-refractivity contribution in [2.24, 2.45) is 0 Å². The summed E-state index contributed by atoms with van der Waals surface area (Å²) in [6, 6.07) is 5.02. The molecule has 0 saturated heterocycles. The van der Waals surface area contributed by atoms with Gasteiger partial charge in [0.25, 0.3) is 5.69 Å². The molecule has 4 nitrogen and oxygen atoms in total. The van der Waals surface area contributed by atoms with Gasteiger partial charge < -0.3 is 4.98 Å². The van der Waals surface area contributed by atoms with E-state index >= 15 is 0 Å². The van der Waals surface area contributed by atoms with Crippen molar-refractivity contribution in [1.82, 2.24) is 4.98 Å². The number of non-ortho nitro benzene ring substituents is 1. The number of aromatic amines is 1. The van der Waals surface area contributed by atoms with Crippen LogP contribution in [-0.2, 0) is 12.8 Å². The number of nitrogens with zero attached hydrogens (tertiary/aromatic N) is 1. The lowest BCUT2D eigenvalue weighted by atomic mass is 10.1. The quantitative estimate of drug-likeness (QED) is 0.570. The highest BCUT2D eigenvalue weighted by atomic mass is 16.6. The molecule has 76 valence electrons. The van der Waals surface area contributed by atoms with E-state index < -0.39 is 0 Å². The fourth-order valence-corrected chi connectivity index (χ4v) is 2.35. The minimum atomic E-state index is -0.339. The number of aryl methyl sites for hydroxylation is 2. The van der Waals surface area contributed by atoms with Crippen molar-refractivity contribution >= 4 is 16.6 Å². The van der Waals surface area contributed by atoms with Crippen molar-refractivity contribution in [2.75, 3.05) is 0 Å². The molecule has 1 aromatic heterocycles. The Labute approximate surface area is 86.1 Å². The van der Waals surface area contributed by atoms with Crippen LogP contribution in [0.1, 0.15) is 17.7 Å². The summed E-state index contributed by atoms with van der Waals surface area (Å²) < 4.78 is 0. The van der Waals surface area contributed by atoms with Crippen LogP contribution >= 0.6 is 0 Å². The van der Waals surface area contributed by atoms with Crippen LogP contribution in [-0.4, -0.2) is 9.91 Å². The molecule has 0 radical (unpaired) electrons. The number of aromatic nitrogens is 1. The fraction of sp³-hybridized carbons (Fsp3) is 0.273. The molecule has 0 atom stereocenters. The van der Waals surface area contributed by atoms with Gasteiger partial charge in [-0.1, -0.05) is 0 Å². The Kier molecular flexibility index (Phi) is 1.59. The normalized spacial score (nSPS) is 14.4. The number of benzene rings is 1. The molecule has 1 heterocycles. The fourth-order valence-electron chi connectivity index (χ4n) is 2.35. The first-order valence-corrected chi connectivity index (χ1v) is 5.03. The first-order valence-electron chi connectivity index (χ1n) is 5.03. The van der Waals surface area contributed by atoms with Crippen molar-refractivity contribution in [3.63, 3.8) is 0 Å². The molecule has 0 saturated carbocycles. The van der Waals surface area contributed by atoms with Crippen LogP contribution in [0.3, 0.4) is 0 Å². The summed E-state index contributed by atoms with van der Waals surface area (Å²) in [5.41, 5.74) is 3.72. The molecule has 2 aromatic rings. The van der Waals surface area contributed by atoms with E-state index in [0.29, 0.717) is 0 Å². The van der Waals surface area contributed by atoms with Crippen molar-refractivity contribution in [3.05, 3.63) is 39.6 Å². The molecule has 4 heteroatoms. The number of nitro groups is 1. The number of hydrogen-bond acceptors (Lipinski definition) is 2. The zero-order valence-corrected chi connectivity index (χ0v) is 8.12. The van der Waals surface area contributed by atoms with Gasteiger partial charge in [0.2, 0.25) is 0 Å². The third-order valence-corrected chi connectivity index (χ3v) is 3.04. The van der Waals surface area contributed by atoms with Crippen LogP contribution in [0.4, 0.5) is 5.69 Å². The summed E-state index contributed by atoms with van der Waals surface area (Å²) in [5.74, 6) is 0. The van der Waals surface area contributed by atoms with Crippen LogP contribution in [0.5, 0.6) is 0 Å². The minimum absolute atomic E-state index is 0.177. The summed E-state index contributed by atoms with van der Waals surface area (Å²) in [6.07, 6.45) is 3.26. The van der Waals surface area contributed by atoms with Gasteiger partial charge in [-0.05, 0) is 30.9 Å². The van der Waals surface area contributed by atoms with E-state index in [-0.39, 0.29) is 10.6 Å². The number of rotatable bonds is 1. The Bertz CT molecular complexity index is 557. The van der Waals surface area contributed by atoms with Crippen LogP contribution in [0.15, 0.2) is 18.2 Å². The number of nitrogens with one attached hydrogen (secondary N) is 1. The Morgan fingerprint density at radius 2 is 2.20 bits per heavy atom. The van der Waals surface area contributed by atoms with Crippen molar-refractivity contribution in [1.29, 1.82) is 0 Å². The van der Waals surface area contributed by atoms with E-state index in [1.165, 1.54) is 11.3 Å². The highest BCUT2D eigenvalue weighted by Crippen LogP contribution is 2.31. The van der Waals surface area contributed by atoms with Gasteiger partial charge in [-0.3, -0.25) is 10.1 Å². The highest BCUT2D eigenvalue weighted by Gasteiger charge is 2.18. The molecular formula is C11H10N2O2. The SMILES string of the molecule is O=[N+]([O-])c1ccc2[nH]c3c(c2c1)CCC3. The second-order valence-corrected chi connectivity index (χ2v) is 3.92. The van der Waals surface area contributed by atoms with Gasteiger partial charge in [0.15, 0.2) is 0 Å². The Morgan fingerprint density at radius 3 is 3.00 bits per heavy atom. The zero-order chi connectivity index (χ0) is 10.4. The minimum Gasteiger partial charge on any atom is -0.358 e. The maximum Gasteiger partial charge on any atom is 0.270 e. The zero-order valence-electron chi connectivity index (χ0n) is 8.12. The Morgan fingerprint density at radius 1 is 1.33 bits per heavy atom. The maximum atomic E-state index is 10.7. The first-order chi connectivity index (χ1) is 7.25. The molecule has 1 aliphatic carbocycles. The number of hydrogen-bond donors (Lipinski definition) is 1. The molecule has 0 unspecified atom stereocenters. The lowest BCUT2D eigenvalue weighted by Gasteiger charge is -1.94.